The number of imidazole rings is 1. The number of aryl methyl sites for hydroxylation is 1. The van der Waals surface area contributed by atoms with Crippen LogP contribution in [0.2, 0.25) is 0 Å². The third-order valence-electron chi connectivity index (χ3n) is 5.86. The average Bonchev–Trinajstić information content (AvgIpc) is 3.58. The molecule has 0 aromatic carbocycles. The third kappa shape index (κ3) is 2.91. The summed E-state index contributed by atoms with van der Waals surface area (Å²) in [5, 5.41) is 13.2. The van der Waals surface area contributed by atoms with E-state index < -0.39 is 6.04 Å². The molecule has 2 aliphatic rings. The highest BCUT2D eigenvalue weighted by atomic mass is 16.2. The minimum atomic E-state index is -0.406. The summed E-state index contributed by atoms with van der Waals surface area (Å²) in [6.07, 6.45) is 5.95. The van der Waals surface area contributed by atoms with Crippen molar-refractivity contribution in [1.82, 2.24) is 34.4 Å². The van der Waals surface area contributed by atoms with Crippen molar-refractivity contribution in [2.75, 3.05) is 6.54 Å². The van der Waals surface area contributed by atoms with Crippen LogP contribution in [0.15, 0.2) is 59.3 Å². The molecule has 6 heterocycles. The summed E-state index contributed by atoms with van der Waals surface area (Å²) in [5.41, 5.74) is 5.56. The van der Waals surface area contributed by atoms with Gasteiger partial charge in [-0.3, -0.25) is 4.79 Å². The Kier molecular flexibility index (Phi) is 4.17. The molecule has 4 aromatic rings. The molecule has 0 saturated heterocycles. The second-order valence-electron chi connectivity index (χ2n) is 7.83. The summed E-state index contributed by atoms with van der Waals surface area (Å²) < 4.78 is 1.89. The van der Waals surface area contributed by atoms with Crippen LogP contribution in [0.3, 0.4) is 0 Å². The van der Waals surface area contributed by atoms with Gasteiger partial charge >= 0.3 is 0 Å². The molecule has 1 N–H and O–H groups in total. The van der Waals surface area contributed by atoms with Crippen molar-refractivity contribution in [2.24, 2.45) is 10.2 Å². The number of carbonyl (C=O) groups is 1. The topological polar surface area (TPSA) is 117 Å². The Morgan fingerprint density at radius 3 is 2.84 bits per heavy atom. The van der Waals surface area contributed by atoms with Gasteiger partial charge in [-0.15, -0.1) is 5.10 Å². The van der Waals surface area contributed by atoms with Crippen LogP contribution in [0.25, 0.3) is 5.52 Å². The molecule has 0 aliphatic carbocycles. The lowest BCUT2D eigenvalue weighted by Gasteiger charge is -2.33. The number of aromatic amines is 1. The molecular weight excluding hydrogens is 406 g/mol. The highest BCUT2D eigenvalue weighted by molar-refractivity contribution is 6.44. The first-order valence-corrected chi connectivity index (χ1v) is 10.4. The zero-order valence-electron chi connectivity index (χ0n) is 17.3. The van der Waals surface area contributed by atoms with Crippen molar-refractivity contribution in [2.45, 2.75) is 25.8 Å². The predicted molar refractivity (Wildman–Crippen MR) is 116 cm³/mol. The average molecular weight is 425 g/mol. The van der Waals surface area contributed by atoms with Gasteiger partial charge in [0.25, 0.3) is 5.91 Å². The van der Waals surface area contributed by atoms with Gasteiger partial charge in [0, 0.05) is 43.2 Å². The molecule has 0 radical (unpaired) electrons. The molecule has 0 saturated carbocycles. The molecule has 4 aromatic heterocycles. The fraction of sp³-hybridized carbons (Fsp3) is 0.227. The summed E-state index contributed by atoms with van der Waals surface area (Å²) in [7, 11) is 0. The van der Waals surface area contributed by atoms with E-state index in [4.69, 9.17) is 5.10 Å². The Hall–Kier alpha value is -4.21. The zero-order chi connectivity index (χ0) is 21.7. The molecule has 6 rings (SSSR count). The lowest BCUT2D eigenvalue weighted by atomic mass is 9.98. The first-order chi connectivity index (χ1) is 15.7. The molecule has 10 nitrogen and oxygen atoms in total. The predicted octanol–water partition coefficient (Wildman–Crippen LogP) is 1.88. The maximum absolute atomic E-state index is 13.6. The lowest BCUT2D eigenvalue weighted by Crippen LogP contribution is -2.44. The Balaban J connectivity index is 1.35. The van der Waals surface area contributed by atoms with Crippen LogP contribution in [-0.2, 0) is 11.2 Å². The normalized spacial score (nSPS) is 17.9. The maximum atomic E-state index is 13.6. The minimum Gasteiger partial charge on any atom is -0.348 e. The Morgan fingerprint density at radius 2 is 2.00 bits per heavy atom. The molecule has 0 fully saturated rings. The second kappa shape index (κ2) is 7.19. The maximum Gasteiger partial charge on any atom is 0.271 e. The number of pyridine rings is 1. The number of fused-ring (bicyclic) bond motifs is 2. The minimum absolute atomic E-state index is 0.174. The number of amides is 1. The first-order valence-electron chi connectivity index (χ1n) is 10.4. The van der Waals surface area contributed by atoms with E-state index in [1.165, 1.54) is 0 Å². The van der Waals surface area contributed by atoms with E-state index in [1.807, 2.05) is 35.7 Å². The number of H-pyrrole nitrogens is 1. The molecule has 1 atom stereocenters. The summed E-state index contributed by atoms with van der Waals surface area (Å²) in [4.78, 5) is 31.6. The smallest absolute Gasteiger partial charge is 0.271 e. The van der Waals surface area contributed by atoms with Gasteiger partial charge in [-0.1, -0.05) is 6.07 Å². The number of nitrogens with zero attached hydrogens (tertiary/aromatic N) is 8. The lowest BCUT2D eigenvalue weighted by molar-refractivity contribution is -0.126. The number of hydrogen-bond acceptors (Lipinski definition) is 7. The van der Waals surface area contributed by atoms with Gasteiger partial charge in [-0.05, 0) is 31.2 Å². The van der Waals surface area contributed by atoms with E-state index >= 15 is 0 Å². The van der Waals surface area contributed by atoms with Crippen molar-refractivity contribution in [3.05, 3.63) is 77.7 Å². The quantitative estimate of drug-likeness (QED) is 0.538. The van der Waals surface area contributed by atoms with Crippen molar-refractivity contribution in [1.29, 1.82) is 0 Å². The van der Waals surface area contributed by atoms with Crippen LogP contribution >= 0.6 is 0 Å². The van der Waals surface area contributed by atoms with Crippen LogP contribution in [0.5, 0.6) is 0 Å². The van der Waals surface area contributed by atoms with Crippen molar-refractivity contribution >= 4 is 22.8 Å². The van der Waals surface area contributed by atoms with Crippen molar-refractivity contribution in [3.63, 3.8) is 0 Å². The molecule has 2 aliphatic heterocycles. The van der Waals surface area contributed by atoms with E-state index in [1.54, 1.807) is 29.7 Å². The van der Waals surface area contributed by atoms with Crippen LogP contribution in [0, 0.1) is 6.92 Å². The summed E-state index contributed by atoms with van der Waals surface area (Å²) >= 11 is 0. The Morgan fingerprint density at radius 1 is 1.12 bits per heavy atom. The Labute approximate surface area is 182 Å². The van der Waals surface area contributed by atoms with E-state index in [2.05, 4.69) is 30.1 Å². The second-order valence-corrected chi connectivity index (χ2v) is 7.83. The number of nitrogens with one attached hydrogen (secondary N) is 1. The van der Waals surface area contributed by atoms with Gasteiger partial charge in [0.1, 0.15) is 17.5 Å². The van der Waals surface area contributed by atoms with Gasteiger partial charge in [0.05, 0.1) is 23.2 Å². The molecule has 10 heteroatoms. The molecule has 1 amide bonds. The first kappa shape index (κ1) is 18.6. The highest BCUT2D eigenvalue weighted by Gasteiger charge is 2.38. The van der Waals surface area contributed by atoms with Gasteiger partial charge in [-0.2, -0.15) is 10.2 Å². The van der Waals surface area contributed by atoms with Crippen LogP contribution in [0.1, 0.15) is 41.1 Å². The standard InChI is InChI=1S/C22H19N9O/c1-13-4-2-5-14-10-16(29-31(13)14)20-19-15(25-12-26-19)6-9-30(20)22(32)18-11-17(27-28-18)21-23-7-3-8-24-21/h2-5,7-8,10,12,20H,6,9,11H2,1H3,(H,25,26)/t20-/m0/s1. The molecule has 0 spiro atoms. The number of carbonyl (C=O) groups excluding carboxylic acids is 1. The van der Waals surface area contributed by atoms with Crippen LogP contribution in [0.4, 0.5) is 0 Å². The van der Waals surface area contributed by atoms with Gasteiger partial charge in [0.15, 0.2) is 5.82 Å². The van der Waals surface area contributed by atoms with E-state index in [9.17, 15) is 4.79 Å². The summed E-state index contributed by atoms with van der Waals surface area (Å²) in [6, 6.07) is 9.35. The molecule has 0 unspecified atom stereocenters. The molecular formula is C22H19N9O. The summed E-state index contributed by atoms with van der Waals surface area (Å²) in [5.74, 6) is 0.312. The number of aromatic nitrogens is 6. The van der Waals surface area contributed by atoms with Gasteiger partial charge in [-0.25, -0.2) is 19.5 Å². The molecule has 0 bridgehead atoms. The van der Waals surface area contributed by atoms with E-state index in [0.717, 1.165) is 28.3 Å². The van der Waals surface area contributed by atoms with E-state index in [-0.39, 0.29) is 5.91 Å². The fourth-order valence-electron chi connectivity index (χ4n) is 4.31. The van der Waals surface area contributed by atoms with E-state index in [0.29, 0.717) is 36.6 Å². The Bertz CT molecular complexity index is 1400. The van der Waals surface area contributed by atoms with Crippen LogP contribution in [-0.4, -0.2) is 58.3 Å². The number of hydrogen-bond donors (Lipinski definition) is 1. The largest absolute Gasteiger partial charge is 0.348 e. The zero-order valence-corrected chi connectivity index (χ0v) is 17.3. The monoisotopic (exact) mass is 425 g/mol. The molecule has 32 heavy (non-hydrogen) atoms. The van der Waals surface area contributed by atoms with Gasteiger partial charge < -0.3 is 9.88 Å². The van der Waals surface area contributed by atoms with Crippen LogP contribution < -0.4 is 0 Å². The molecule has 158 valence electrons. The fourth-order valence-corrected chi connectivity index (χ4v) is 4.31. The SMILES string of the molecule is Cc1cccc2cc([C@H]3c4nc[nH]c4CCN3C(=O)C3=NN=C(c4ncccn4)C3)nn12. The highest BCUT2D eigenvalue weighted by Crippen LogP contribution is 2.34. The van der Waals surface area contributed by atoms with Gasteiger partial charge in [0.2, 0.25) is 0 Å². The summed E-state index contributed by atoms with van der Waals surface area (Å²) in [6.45, 7) is 2.53. The van der Waals surface area contributed by atoms with Crippen molar-refractivity contribution < 1.29 is 4.79 Å². The van der Waals surface area contributed by atoms with Crippen molar-refractivity contribution in [3.8, 4) is 0 Å². The third-order valence-corrected chi connectivity index (χ3v) is 5.86. The number of rotatable bonds is 3.